The van der Waals surface area contributed by atoms with Crippen LogP contribution in [0, 0.1) is 5.92 Å². The van der Waals surface area contributed by atoms with E-state index in [9.17, 15) is 8.42 Å². The molecular formula is C13H21NO3S2. The van der Waals surface area contributed by atoms with Gasteiger partial charge in [0.15, 0.2) is 0 Å². The van der Waals surface area contributed by atoms with E-state index in [0.29, 0.717) is 15.0 Å². The Morgan fingerprint density at radius 3 is 2.63 bits per heavy atom. The molecule has 6 heteroatoms. The summed E-state index contributed by atoms with van der Waals surface area (Å²) in [6, 6.07) is 3.20. The predicted octanol–water partition coefficient (Wildman–Crippen LogP) is 2.49. The van der Waals surface area contributed by atoms with Crippen molar-refractivity contribution in [1.29, 1.82) is 0 Å². The molecule has 0 radical (unpaired) electrons. The minimum atomic E-state index is -3.44. The van der Waals surface area contributed by atoms with Gasteiger partial charge in [-0.1, -0.05) is 19.3 Å². The van der Waals surface area contributed by atoms with Gasteiger partial charge in [0.05, 0.1) is 6.61 Å². The van der Waals surface area contributed by atoms with E-state index < -0.39 is 10.0 Å². The number of hydrogen-bond acceptors (Lipinski definition) is 4. The molecule has 1 aromatic heterocycles. The molecule has 1 saturated carbocycles. The standard InChI is InChI=1S/C13H21NO3S2/c1-10(11-5-3-2-4-6-11)14-19(16,17)13-8-7-12(9-15)18-13/h7-8,10-11,14-15H,2-6,9H2,1H3. The van der Waals surface area contributed by atoms with Crippen LogP contribution in [0.5, 0.6) is 0 Å². The van der Waals surface area contributed by atoms with Crippen LogP contribution in [-0.2, 0) is 16.6 Å². The zero-order valence-corrected chi connectivity index (χ0v) is 12.8. The molecule has 1 aliphatic carbocycles. The van der Waals surface area contributed by atoms with Crippen LogP contribution in [0.3, 0.4) is 0 Å². The Labute approximate surface area is 118 Å². The summed E-state index contributed by atoms with van der Waals surface area (Å²) in [5.41, 5.74) is 0. The Morgan fingerprint density at radius 2 is 2.05 bits per heavy atom. The normalized spacial score (nSPS) is 19.5. The molecule has 0 amide bonds. The highest BCUT2D eigenvalue weighted by Gasteiger charge is 2.25. The average Bonchev–Trinajstić information content (AvgIpc) is 2.89. The van der Waals surface area contributed by atoms with Crippen LogP contribution in [0.4, 0.5) is 0 Å². The molecule has 19 heavy (non-hydrogen) atoms. The Morgan fingerprint density at radius 1 is 1.37 bits per heavy atom. The van der Waals surface area contributed by atoms with Crippen molar-refractivity contribution >= 4 is 21.4 Å². The molecule has 1 aliphatic rings. The minimum Gasteiger partial charge on any atom is -0.391 e. The van der Waals surface area contributed by atoms with Crippen molar-refractivity contribution in [3.63, 3.8) is 0 Å². The van der Waals surface area contributed by atoms with Crippen LogP contribution in [0.15, 0.2) is 16.3 Å². The summed E-state index contributed by atoms with van der Waals surface area (Å²) < 4.78 is 27.5. The SMILES string of the molecule is CC(NS(=O)(=O)c1ccc(CO)s1)C1CCCCC1. The summed E-state index contributed by atoms with van der Waals surface area (Å²) in [5, 5.41) is 9.00. The van der Waals surface area contributed by atoms with Crippen LogP contribution >= 0.6 is 11.3 Å². The molecule has 0 aliphatic heterocycles. The van der Waals surface area contributed by atoms with Gasteiger partial charge in [-0.15, -0.1) is 11.3 Å². The molecule has 1 atom stereocenters. The summed E-state index contributed by atoms with van der Waals surface area (Å²) in [4.78, 5) is 0.672. The van der Waals surface area contributed by atoms with Crippen LogP contribution in [0.1, 0.15) is 43.9 Å². The third-order valence-electron chi connectivity index (χ3n) is 3.76. The van der Waals surface area contributed by atoms with Gasteiger partial charge in [0, 0.05) is 10.9 Å². The Bertz CT molecular complexity index is 504. The predicted molar refractivity (Wildman–Crippen MR) is 76.6 cm³/mol. The molecule has 0 spiro atoms. The van der Waals surface area contributed by atoms with Crippen LogP contribution in [0.2, 0.25) is 0 Å². The van der Waals surface area contributed by atoms with Crippen molar-refractivity contribution < 1.29 is 13.5 Å². The molecule has 2 rings (SSSR count). The van der Waals surface area contributed by atoms with E-state index in [-0.39, 0.29) is 12.6 Å². The van der Waals surface area contributed by atoms with Gasteiger partial charge in [-0.2, -0.15) is 0 Å². The van der Waals surface area contributed by atoms with Gasteiger partial charge in [0.2, 0.25) is 10.0 Å². The Kier molecular flexibility index (Phi) is 5.00. The van der Waals surface area contributed by atoms with Gasteiger partial charge < -0.3 is 5.11 Å². The lowest BCUT2D eigenvalue weighted by molar-refractivity contribution is 0.285. The summed E-state index contributed by atoms with van der Waals surface area (Å²) in [6.45, 7) is 1.84. The van der Waals surface area contributed by atoms with Crippen LogP contribution < -0.4 is 4.72 Å². The molecule has 0 saturated heterocycles. The van der Waals surface area contributed by atoms with E-state index in [1.165, 1.54) is 19.3 Å². The van der Waals surface area contributed by atoms with E-state index in [1.54, 1.807) is 12.1 Å². The van der Waals surface area contributed by atoms with Crippen molar-refractivity contribution in [3.8, 4) is 0 Å². The highest BCUT2D eigenvalue weighted by Crippen LogP contribution is 2.28. The van der Waals surface area contributed by atoms with E-state index in [4.69, 9.17) is 5.11 Å². The number of nitrogens with one attached hydrogen (secondary N) is 1. The summed E-state index contributed by atoms with van der Waals surface area (Å²) in [5.74, 6) is 0.445. The van der Waals surface area contributed by atoms with Crippen molar-refractivity contribution in [2.45, 2.75) is 55.9 Å². The molecule has 1 aromatic rings. The lowest BCUT2D eigenvalue weighted by atomic mass is 9.85. The summed E-state index contributed by atoms with van der Waals surface area (Å²) >= 11 is 1.13. The summed E-state index contributed by atoms with van der Waals surface area (Å²) in [7, 11) is -3.44. The van der Waals surface area contributed by atoms with E-state index in [2.05, 4.69) is 4.72 Å². The van der Waals surface area contributed by atoms with Gasteiger partial charge in [-0.05, 0) is 37.8 Å². The molecule has 4 nitrogen and oxygen atoms in total. The fraction of sp³-hybridized carbons (Fsp3) is 0.692. The molecule has 0 aromatic carbocycles. The van der Waals surface area contributed by atoms with Gasteiger partial charge in [0.1, 0.15) is 4.21 Å². The highest BCUT2D eigenvalue weighted by atomic mass is 32.2. The first kappa shape index (κ1) is 15.0. The van der Waals surface area contributed by atoms with Crippen molar-refractivity contribution in [2.75, 3.05) is 0 Å². The summed E-state index contributed by atoms with van der Waals surface area (Å²) in [6.07, 6.45) is 5.88. The number of sulfonamides is 1. The molecule has 1 unspecified atom stereocenters. The molecule has 108 valence electrons. The zero-order valence-electron chi connectivity index (χ0n) is 11.1. The lowest BCUT2D eigenvalue weighted by Gasteiger charge is -2.27. The molecule has 1 heterocycles. The molecule has 0 bridgehead atoms. The maximum atomic E-state index is 12.2. The Hall–Kier alpha value is -0.430. The number of thiophene rings is 1. The van der Waals surface area contributed by atoms with Crippen molar-refractivity contribution in [1.82, 2.24) is 4.72 Å². The maximum absolute atomic E-state index is 12.2. The van der Waals surface area contributed by atoms with Gasteiger partial charge in [0.25, 0.3) is 0 Å². The van der Waals surface area contributed by atoms with Crippen LogP contribution in [-0.4, -0.2) is 19.6 Å². The molecule has 1 fully saturated rings. The zero-order chi connectivity index (χ0) is 13.9. The first-order valence-electron chi connectivity index (χ1n) is 6.75. The van der Waals surface area contributed by atoms with E-state index in [1.807, 2.05) is 6.92 Å². The number of aliphatic hydroxyl groups is 1. The second-order valence-electron chi connectivity index (χ2n) is 5.19. The average molecular weight is 303 g/mol. The van der Waals surface area contributed by atoms with E-state index >= 15 is 0 Å². The van der Waals surface area contributed by atoms with Gasteiger partial charge in [-0.25, -0.2) is 13.1 Å². The number of aliphatic hydroxyl groups excluding tert-OH is 1. The smallest absolute Gasteiger partial charge is 0.250 e. The fourth-order valence-corrected chi connectivity index (χ4v) is 5.17. The van der Waals surface area contributed by atoms with Crippen LogP contribution in [0.25, 0.3) is 0 Å². The lowest BCUT2D eigenvalue weighted by Crippen LogP contribution is -2.38. The fourth-order valence-electron chi connectivity index (χ4n) is 2.62. The third kappa shape index (κ3) is 3.78. The number of hydrogen-bond donors (Lipinski definition) is 2. The monoisotopic (exact) mass is 303 g/mol. The third-order valence-corrected chi connectivity index (χ3v) is 6.88. The molecule has 2 N–H and O–H groups in total. The maximum Gasteiger partial charge on any atom is 0.250 e. The number of rotatable bonds is 5. The van der Waals surface area contributed by atoms with Crippen molar-refractivity contribution in [2.24, 2.45) is 5.92 Å². The van der Waals surface area contributed by atoms with Crippen molar-refractivity contribution in [3.05, 3.63) is 17.0 Å². The second kappa shape index (κ2) is 6.35. The largest absolute Gasteiger partial charge is 0.391 e. The van der Waals surface area contributed by atoms with Gasteiger partial charge in [-0.3, -0.25) is 0 Å². The topological polar surface area (TPSA) is 66.4 Å². The first-order valence-corrected chi connectivity index (χ1v) is 9.05. The van der Waals surface area contributed by atoms with E-state index in [0.717, 1.165) is 24.2 Å². The van der Waals surface area contributed by atoms with Gasteiger partial charge >= 0.3 is 0 Å². The highest BCUT2D eigenvalue weighted by molar-refractivity contribution is 7.91. The first-order chi connectivity index (χ1) is 9.03. The molecular weight excluding hydrogens is 282 g/mol. The quantitative estimate of drug-likeness (QED) is 0.878. The Balaban J connectivity index is 2.03. The second-order valence-corrected chi connectivity index (χ2v) is 8.30. The minimum absolute atomic E-state index is 0.0232.